The Morgan fingerprint density at radius 1 is 1.47 bits per heavy atom. The molecule has 1 fully saturated rings. The second-order valence-electron chi connectivity index (χ2n) is 4.30. The Morgan fingerprint density at radius 3 is 3.06 bits per heavy atom. The number of ether oxygens (including phenoxy) is 1. The standard InChI is InChI=1S/C13H21N3O/c1-17-13-5-3-2-4-12(13)16-9-8-15-10-11(16)6-7-14/h2-5,11,15H,6-10,14H2,1H3. The second-order valence-corrected chi connectivity index (χ2v) is 4.30. The molecule has 94 valence electrons. The summed E-state index contributed by atoms with van der Waals surface area (Å²) in [5, 5.41) is 3.42. The topological polar surface area (TPSA) is 50.5 Å². The Labute approximate surface area is 103 Å². The fourth-order valence-electron chi connectivity index (χ4n) is 2.40. The van der Waals surface area contributed by atoms with Gasteiger partial charge in [-0.3, -0.25) is 0 Å². The first kappa shape index (κ1) is 12.2. The van der Waals surface area contributed by atoms with Crippen molar-refractivity contribution in [1.29, 1.82) is 0 Å². The van der Waals surface area contributed by atoms with Crippen LogP contribution in [0.5, 0.6) is 5.75 Å². The number of nitrogens with zero attached hydrogens (tertiary/aromatic N) is 1. The lowest BCUT2D eigenvalue weighted by atomic mass is 10.1. The van der Waals surface area contributed by atoms with E-state index in [0.717, 1.165) is 38.3 Å². The SMILES string of the molecule is COc1ccccc1N1CCNCC1CCN. The van der Waals surface area contributed by atoms with Gasteiger partial charge in [0.25, 0.3) is 0 Å². The molecule has 0 aromatic heterocycles. The maximum Gasteiger partial charge on any atom is 0.142 e. The first-order chi connectivity index (χ1) is 8.36. The van der Waals surface area contributed by atoms with Crippen LogP contribution in [0.4, 0.5) is 5.69 Å². The highest BCUT2D eigenvalue weighted by atomic mass is 16.5. The maximum atomic E-state index is 5.68. The van der Waals surface area contributed by atoms with E-state index in [-0.39, 0.29) is 0 Å². The molecule has 1 saturated heterocycles. The quantitative estimate of drug-likeness (QED) is 0.811. The minimum Gasteiger partial charge on any atom is -0.495 e. The van der Waals surface area contributed by atoms with Crippen molar-refractivity contribution in [1.82, 2.24) is 5.32 Å². The molecule has 0 aliphatic carbocycles. The van der Waals surface area contributed by atoms with Crippen molar-refractivity contribution < 1.29 is 4.74 Å². The van der Waals surface area contributed by atoms with Gasteiger partial charge in [-0.25, -0.2) is 0 Å². The Kier molecular flexibility index (Phi) is 4.23. The van der Waals surface area contributed by atoms with Crippen LogP contribution in [-0.2, 0) is 0 Å². The molecule has 0 spiro atoms. The Hall–Kier alpha value is -1.26. The van der Waals surface area contributed by atoms with Crippen LogP contribution in [0.1, 0.15) is 6.42 Å². The monoisotopic (exact) mass is 235 g/mol. The summed E-state index contributed by atoms with van der Waals surface area (Å²) < 4.78 is 5.43. The van der Waals surface area contributed by atoms with Gasteiger partial charge >= 0.3 is 0 Å². The average molecular weight is 235 g/mol. The molecule has 1 heterocycles. The van der Waals surface area contributed by atoms with Crippen molar-refractivity contribution in [3.8, 4) is 5.75 Å². The van der Waals surface area contributed by atoms with Crippen LogP contribution in [0.2, 0.25) is 0 Å². The molecular weight excluding hydrogens is 214 g/mol. The predicted octanol–water partition coefficient (Wildman–Crippen LogP) is 0.822. The molecule has 1 aliphatic rings. The Bertz CT molecular complexity index is 354. The molecule has 0 radical (unpaired) electrons. The fourth-order valence-corrected chi connectivity index (χ4v) is 2.40. The van der Waals surface area contributed by atoms with E-state index < -0.39 is 0 Å². The zero-order valence-corrected chi connectivity index (χ0v) is 10.4. The predicted molar refractivity (Wildman–Crippen MR) is 70.7 cm³/mol. The van der Waals surface area contributed by atoms with E-state index >= 15 is 0 Å². The van der Waals surface area contributed by atoms with E-state index in [4.69, 9.17) is 10.5 Å². The minimum atomic E-state index is 0.463. The summed E-state index contributed by atoms with van der Waals surface area (Å²) in [6.45, 7) is 3.73. The minimum absolute atomic E-state index is 0.463. The lowest BCUT2D eigenvalue weighted by Crippen LogP contribution is -2.52. The van der Waals surface area contributed by atoms with Crippen molar-refractivity contribution in [2.24, 2.45) is 5.73 Å². The number of rotatable bonds is 4. The van der Waals surface area contributed by atoms with Crippen LogP contribution in [0.3, 0.4) is 0 Å². The van der Waals surface area contributed by atoms with E-state index in [1.165, 1.54) is 5.69 Å². The van der Waals surface area contributed by atoms with Crippen molar-refractivity contribution >= 4 is 5.69 Å². The van der Waals surface area contributed by atoms with Crippen LogP contribution in [0.15, 0.2) is 24.3 Å². The summed E-state index contributed by atoms with van der Waals surface area (Å²) >= 11 is 0. The van der Waals surface area contributed by atoms with Gasteiger partial charge in [-0.15, -0.1) is 0 Å². The zero-order valence-electron chi connectivity index (χ0n) is 10.4. The highest BCUT2D eigenvalue weighted by Crippen LogP contribution is 2.30. The third-order valence-corrected chi connectivity index (χ3v) is 3.24. The van der Waals surface area contributed by atoms with E-state index in [9.17, 15) is 0 Å². The highest BCUT2D eigenvalue weighted by molar-refractivity contribution is 5.59. The summed E-state index contributed by atoms with van der Waals surface area (Å²) in [5.41, 5.74) is 6.86. The molecule has 4 heteroatoms. The first-order valence-electron chi connectivity index (χ1n) is 6.17. The molecule has 4 nitrogen and oxygen atoms in total. The van der Waals surface area contributed by atoms with Gasteiger partial charge < -0.3 is 20.7 Å². The number of piperazine rings is 1. The zero-order chi connectivity index (χ0) is 12.1. The summed E-state index contributed by atoms with van der Waals surface area (Å²) in [4.78, 5) is 2.40. The van der Waals surface area contributed by atoms with Crippen LogP contribution >= 0.6 is 0 Å². The van der Waals surface area contributed by atoms with Crippen LogP contribution in [-0.4, -0.2) is 39.3 Å². The summed E-state index contributed by atoms with van der Waals surface area (Å²) in [6.07, 6.45) is 1.01. The average Bonchev–Trinajstić information content (AvgIpc) is 2.40. The molecule has 1 aliphatic heterocycles. The number of methoxy groups -OCH3 is 1. The van der Waals surface area contributed by atoms with E-state index in [1.807, 2.05) is 12.1 Å². The largest absolute Gasteiger partial charge is 0.495 e. The number of nitrogens with one attached hydrogen (secondary N) is 1. The summed E-state index contributed by atoms with van der Waals surface area (Å²) in [7, 11) is 1.72. The molecule has 1 aromatic carbocycles. The number of nitrogens with two attached hydrogens (primary N) is 1. The molecule has 1 aromatic rings. The van der Waals surface area contributed by atoms with Gasteiger partial charge in [-0.2, -0.15) is 0 Å². The van der Waals surface area contributed by atoms with E-state index in [1.54, 1.807) is 7.11 Å². The number of benzene rings is 1. The Morgan fingerprint density at radius 2 is 2.29 bits per heavy atom. The molecule has 1 atom stereocenters. The smallest absolute Gasteiger partial charge is 0.142 e. The van der Waals surface area contributed by atoms with Crippen molar-refractivity contribution in [3.05, 3.63) is 24.3 Å². The third kappa shape index (κ3) is 2.70. The highest BCUT2D eigenvalue weighted by Gasteiger charge is 2.23. The van der Waals surface area contributed by atoms with Crippen LogP contribution < -0.4 is 20.7 Å². The van der Waals surface area contributed by atoms with Gasteiger partial charge in [0.1, 0.15) is 5.75 Å². The van der Waals surface area contributed by atoms with Gasteiger partial charge in [-0.05, 0) is 25.1 Å². The maximum absolute atomic E-state index is 5.68. The van der Waals surface area contributed by atoms with Crippen molar-refractivity contribution in [2.45, 2.75) is 12.5 Å². The third-order valence-electron chi connectivity index (χ3n) is 3.24. The lowest BCUT2D eigenvalue weighted by molar-refractivity contribution is 0.404. The second kappa shape index (κ2) is 5.89. The fraction of sp³-hybridized carbons (Fsp3) is 0.538. The Balaban J connectivity index is 2.22. The first-order valence-corrected chi connectivity index (χ1v) is 6.17. The van der Waals surface area contributed by atoms with Crippen LogP contribution in [0, 0.1) is 0 Å². The van der Waals surface area contributed by atoms with Gasteiger partial charge in [0.05, 0.1) is 12.8 Å². The van der Waals surface area contributed by atoms with Gasteiger partial charge in [0.2, 0.25) is 0 Å². The van der Waals surface area contributed by atoms with Crippen molar-refractivity contribution in [3.63, 3.8) is 0 Å². The summed E-state index contributed by atoms with van der Waals surface area (Å²) in [6, 6.07) is 8.65. The molecule has 0 saturated carbocycles. The van der Waals surface area contributed by atoms with Crippen LogP contribution in [0.25, 0.3) is 0 Å². The van der Waals surface area contributed by atoms with Gasteiger partial charge in [-0.1, -0.05) is 12.1 Å². The molecular formula is C13H21N3O. The van der Waals surface area contributed by atoms with Gasteiger partial charge in [0.15, 0.2) is 0 Å². The molecule has 17 heavy (non-hydrogen) atoms. The van der Waals surface area contributed by atoms with E-state index in [0.29, 0.717) is 6.04 Å². The molecule has 2 rings (SSSR count). The normalized spacial score (nSPS) is 20.4. The number of hydrogen-bond acceptors (Lipinski definition) is 4. The molecule has 1 unspecified atom stereocenters. The number of hydrogen-bond donors (Lipinski definition) is 2. The molecule has 0 amide bonds. The van der Waals surface area contributed by atoms with Gasteiger partial charge in [0, 0.05) is 25.7 Å². The summed E-state index contributed by atoms with van der Waals surface area (Å²) in [5.74, 6) is 0.941. The molecule has 3 N–H and O–H groups in total. The molecule has 0 bridgehead atoms. The number of anilines is 1. The van der Waals surface area contributed by atoms with Crippen molar-refractivity contribution in [2.75, 3.05) is 38.2 Å². The lowest BCUT2D eigenvalue weighted by Gasteiger charge is -2.38. The number of para-hydroxylation sites is 2. The van der Waals surface area contributed by atoms with E-state index in [2.05, 4.69) is 22.3 Å².